The molecular formula is C28H24F3N5O3. The van der Waals surface area contributed by atoms with Gasteiger partial charge in [0, 0.05) is 18.9 Å². The van der Waals surface area contributed by atoms with Crippen LogP contribution < -0.4 is 19.7 Å². The zero-order valence-corrected chi connectivity index (χ0v) is 20.9. The van der Waals surface area contributed by atoms with Gasteiger partial charge in [-0.3, -0.25) is 9.78 Å². The number of benzene rings is 2. The lowest BCUT2D eigenvalue weighted by atomic mass is 10.1. The quantitative estimate of drug-likeness (QED) is 0.328. The number of hydrogen-bond donors (Lipinski definition) is 1. The highest BCUT2D eigenvalue weighted by Crippen LogP contribution is 2.36. The summed E-state index contributed by atoms with van der Waals surface area (Å²) in [5.74, 6) is -0.355. The van der Waals surface area contributed by atoms with E-state index in [0.29, 0.717) is 23.8 Å². The van der Waals surface area contributed by atoms with Crippen molar-refractivity contribution in [2.45, 2.75) is 32.9 Å². The van der Waals surface area contributed by atoms with E-state index < -0.39 is 12.3 Å². The van der Waals surface area contributed by atoms with Gasteiger partial charge >= 0.3 is 6.36 Å². The Morgan fingerprint density at radius 3 is 2.62 bits per heavy atom. The van der Waals surface area contributed by atoms with E-state index in [4.69, 9.17) is 4.74 Å². The van der Waals surface area contributed by atoms with E-state index in [2.05, 4.69) is 31.1 Å². The summed E-state index contributed by atoms with van der Waals surface area (Å²) in [5.41, 5.74) is 4.64. The van der Waals surface area contributed by atoms with E-state index >= 15 is 0 Å². The molecule has 0 saturated heterocycles. The third-order valence-electron chi connectivity index (χ3n) is 6.11. The van der Waals surface area contributed by atoms with Crippen molar-refractivity contribution in [3.8, 4) is 11.6 Å². The summed E-state index contributed by atoms with van der Waals surface area (Å²) in [5, 5.41) is 2.80. The highest BCUT2D eigenvalue weighted by Gasteiger charge is 2.31. The van der Waals surface area contributed by atoms with E-state index in [-0.39, 0.29) is 30.3 Å². The van der Waals surface area contributed by atoms with Crippen LogP contribution in [0.15, 0.2) is 73.1 Å². The Labute approximate surface area is 222 Å². The first kappa shape index (κ1) is 26.0. The molecule has 0 aliphatic carbocycles. The summed E-state index contributed by atoms with van der Waals surface area (Å²) in [7, 11) is 0. The monoisotopic (exact) mass is 535 g/mol. The molecule has 8 nitrogen and oxygen atoms in total. The molecule has 0 saturated carbocycles. The molecule has 1 aliphatic rings. The summed E-state index contributed by atoms with van der Waals surface area (Å²) in [6, 6.07) is 16.8. The maximum absolute atomic E-state index is 13.1. The Bertz CT molecular complexity index is 1460. The molecule has 2 aromatic heterocycles. The fourth-order valence-electron chi connectivity index (χ4n) is 4.31. The van der Waals surface area contributed by atoms with Gasteiger partial charge in [0.05, 0.1) is 17.9 Å². The van der Waals surface area contributed by atoms with Crippen molar-refractivity contribution in [1.82, 2.24) is 20.3 Å². The molecule has 0 fully saturated rings. The number of pyridine rings is 1. The lowest BCUT2D eigenvalue weighted by Crippen LogP contribution is -2.25. The first-order valence-corrected chi connectivity index (χ1v) is 12.2. The molecule has 0 atom stereocenters. The van der Waals surface area contributed by atoms with Crippen molar-refractivity contribution in [3.63, 3.8) is 0 Å². The number of amides is 1. The number of halogens is 3. The van der Waals surface area contributed by atoms with Crippen molar-refractivity contribution in [2.24, 2.45) is 0 Å². The highest BCUT2D eigenvalue weighted by atomic mass is 19.4. The van der Waals surface area contributed by atoms with E-state index in [0.717, 1.165) is 17.7 Å². The number of para-hydroxylation sites is 1. The molecule has 3 heterocycles. The second-order valence-corrected chi connectivity index (χ2v) is 8.86. The number of nitrogens with one attached hydrogen (secondary N) is 1. The molecule has 0 spiro atoms. The van der Waals surface area contributed by atoms with E-state index in [1.165, 1.54) is 36.0 Å². The Hall–Kier alpha value is -4.67. The average Bonchev–Trinajstić information content (AvgIpc) is 3.37. The van der Waals surface area contributed by atoms with Crippen LogP contribution in [0, 0.1) is 6.92 Å². The molecule has 11 heteroatoms. The second kappa shape index (κ2) is 11.0. The van der Waals surface area contributed by atoms with Crippen LogP contribution in [0.3, 0.4) is 0 Å². The molecule has 0 unspecified atom stereocenters. The van der Waals surface area contributed by atoms with Gasteiger partial charge < -0.3 is 19.7 Å². The van der Waals surface area contributed by atoms with Crippen molar-refractivity contribution in [3.05, 3.63) is 101 Å². The van der Waals surface area contributed by atoms with Crippen LogP contribution >= 0.6 is 0 Å². The van der Waals surface area contributed by atoms with Crippen molar-refractivity contribution >= 4 is 17.5 Å². The van der Waals surface area contributed by atoms with E-state index in [9.17, 15) is 18.0 Å². The van der Waals surface area contributed by atoms with Crippen LogP contribution in [-0.4, -0.2) is 33.8 Å². The zero-order chi connectivity index (χ0) is 27.4. The van der Waals surface area contributed by atoms with Gasteiger partial charge in [0.1, 0.15) is 17.9 Å². The molecule has 0 radical (unpaired) electrons. The van der Waals surface area contributed by atoms with Gasteiger partial charge in [0.2, 0.25) is 11.8 Å². The zero-order valence-electron chi connectivity index (χ0n) is 20.9. The minimum atomic E-state index is -4.78. The van der Waals surface area contributed by atoms with E-state index in [1.54, 1.807) is 18.3 Å². The number of ether oxygens (including phenoxy) is 2. The number of carbonyl (C=O) groups is 1. The van der Waals surface area contributed by atoms with Crippen molar-refractivity contribution < 1.29 is 27.4 Å². The molecule has 0 bridgehead atoms. The molecule has 5 rings (SSSR count). The fraction of sp³-hybridized carbons (Fsp3) is 0.214. The summed E-state index contributed by atoms with van der Waals surface area (Å²) >= 11 is 0. The Morgan fingerprint density at radius 2 is 1.87 bits per heavy atom. The van der Waals surface area contributed by atoms with Crippen molar-refractivity contribution in [1.29, 1.82) is 0 Å². The van der Waals surface area contributed by atoms with Crippen LogP contribution in [0.25, 0.3) is 0 Å². The Morgan fingerprint density at radius 1 is 1.05 bits per heavy atom. The first-order valence-electron chi connectivity index (χ1n) is 12.2. The number of nitrogens with zero attached hydrogens (tertiary/aromatic N) is 4. The minimum Gasteiger partial charge on any atom is -0.472 e. The average molecular weight is 536 g/mol. The summed E-state index contributed by atoms with van der Waals surface area (Å²) < 4.78 is 47.3. The largest absolute Gasteiger partial charge is 0.573 e. The van der Waals surface area contributed by atoms with Gasteiger partial charge in [-0.25, -0.2) is 4.98 Å². The molecule has 4 aromatic rings. The van der Waals surface area contributed by atoms with Crippen LogP contribution in [-0.2, 0) is 19.6 Å². The second-order valence-electron chi connectivity index (χ2n) is 8.86. The Balaban J connectivity index is 1.39. The molecule has 1 aliphatic heterocycles. The maximum Gasteiger partial charge on any atom is 0.573 e. The fourth-order valence-corrected chi connectivity index (χ4v) is 4.31. The van der Waals surface area contributed by atoms with Crippen LogP contribution in [0.5, 0.6) is 11.6 Å². The topological polar surface area (TPSA) is 89.5 Å². The lowest BCUT2D eigenvalue weighted by molar-refractivity contribution is -0.274. The first-order chi connectivity index (χ1) is 18.8. The summed E-state index contributed by atoms with van der Waals surface area (Å²) in [4.78, 5) is 28.3. The lowest BCUT2D eigenvalue weighted by Gasteiger charge is -2.20. The third-order valence-corrected chi connectivity index (χ3v) is 6.11. The van der Waals surface area contributed by atoms with Crippen LogP contribution in [0.4, 0.5) is 24.8 Å². The van der Waals surface area contributed by atoms with Gasteiger partial charge in [-0.2, -0.15) is 4.98 Å². The van der Waals surface area contributed by atoms with Gasteiger partial charge in [0.25, 0.3) is 5.91 Å². The van der Waals surface area contributed by atoms with Crippen molar-refractivity contribution in [2.75, 3.05) is 11.4 Å². The highest BCUT2D eigenvalue weighted by molar-refractivity contribution is 5.96. The SMILES string of the molecule is Cc1cccc2c1N(c1ncc(C(=O)NCc3ccccn3)c(OCc3ccc(OC(F)(F)F)cc3)n1)CC2. The molecule has 1 amide bonds. The number of aryl methyl sites for hydroxylation is 1. The molecule has 1 N–H and O–H groups in total. The van der Waals surface area contributed by atoms with Crippen LogP contribution in [0.2, 0.25) is 0 Å². The normalized spacial score (nSPS) is 12.7. The number of alkyl halides is 3. The summed E-state index contributed by atoms with van der Waals surface area (Å²) in [6.07, 6.45) is -0.897. The van der Waals surface area contributed by atoms with Gasteiger partial charge in [-0.1, -0.05) is 36.4 Å². The smallest absolute Gasteiger partial charge is 0.472 e. The number of carbonyl (C=O) groups excluding carboxylic acids is 1. The third kappa shape index (κ3) is 6.25. The van der Waals surface area contributed by atoms with Crippen LogP contribution in [0.1, 0.15) is 32.7 Å². The molecule has 39 heavy (non-hydrogen) atoms. The predicted molar refractivity (Wildman–Crippen MR) is 137 cm³/mol. The van der Waals surface area contributed by atoms with Gasteiger partial charge in [-0.15, -0.1) is 13.2 Å². The van der Waals surface area contributed by atoms with Gasteiger partial charge in [0.15, 0.2) is 0 Å². The molecular weight excluding hydrogens is 511 g/mol. The molecule has 2 aromatic carbocycles. The number of fused-ring (bicyclic) bond motifs is 1. The molecule has 200 valence electrons. The number of aromatic nitrogens is 3. The van der Waals surface area contributed by atoms with Gasteiger partial charge in [-0.05, 0) is 54.3 Å². The standard InChI is InChI=1S/C28H24F3N5O3/c1-18-5-4-6-20-12-14-36(24(18)20)27-34-16-23(25(37)33-15-21-7-2-3-13-32-21)26(35-27)38-17-19-8-10-22(11-9-19)39-28(29,30)31/h2-11,13,16H,12,14-15,17H2,1H3,(H,33,37). The number of rotatable bonds is 8. The Kier molecular flexibility index (Phi) is 7.31. The maximum atomic E-state index is 13.1. The predicted octanol–water partition coefficient (Wildman–Crippen LogP) is 5.28. The summed E-state index contributed by atoms with van der Waals surface area (Å²) in [6.45, 7) is 2.84. The number of anilines is 2. The number of hydrogen-bond acceptors (Lipinski definition) is 7. The van der Waals surface area contributed by atoms with E-state index in [1.807, 2.05) is 30.0 Å². The minimum absolute atomic E-state index is 0.0428.